The molecule has 0 bridgehead atoms. The van der Waals surface area contributed by atoms with E-state index in [9.17, 15) is 18.0 Å². The van der Waals surface area contributed by atoms with Gasteiger partial charge in [0.15, 0.2) is 11.6 Å². The molecule has 5 nitrogen and oxygen atoms in total. The minimum atomic E-state index is -3.12. The van der Waals surface area contributed by atoms with Gasteiger partial charge in [0.05, 0.1) is 17.2 Å². The maximum absolute atomic E-state index is 13.9. The Morgan fingerprint density at radius 2 is 1.96 bits per heavy atom. The van der Waals surface area contributed by atoms with Gasteiger partial charge in [0.25, 0.3) is 5.91 Å². The molecule has 1 aromatic carbocycles. The minimum Gasteiger partial charge on any atom is -0.432 e. The molecule has 1 heterocycles. The van der Waals surface area contributed by atoms with Gasteiger partial charge in [-0.1, -0.05) is 0 Å². The largest absolute Gasteiger partial charge is 0.432 e. The molecule has 0 radical (unpaired) electrons. The van der Waals surface area contributed by atoms with E-state index in [1.54, 1.807) is 7.11 Å². The normalized spacial score (nSPS) is 20.3. The highest BCUT2D eigenvalue weighted by Gasteiger charge is 2.23. The van der Waals surface area contributed by atoms with Crippen LogP contribution in [0.25, 0.3) is 10.9 Å². The quantitative estimate of drug-likeness (QED) is 0.875. The summed E-state index contributed by atoms with van der Waals surface area (Å²) in [6.45, 7) is -3.12. The Labute approximate surface area is 148 Å². The molecule has 0 saturated heterocycles. The number of carbonyl (C=O) groups excluding carboxylic acids is 1. The van der Waals surface area contributed by atoms with Gasteiger partial charge in [-0.05, 0) is 37.8 Å². The predicted molar refractivity (Wildman–Crippen MR) is 88.9 cm³/mol. The molecule has 1 N–H and O–H groups in total. The zero-order chi connectivity index (χ0) is 18.7. The first kappa shape index (κ1) is 18.4. The third kappa shape index (κ3) is 4.24. The standard InChI is InChI=1S/C18H19F3N2O3/c1-25-13-4-2-12(3-5-13)23-17(24)11-6-10-7-14(19)16(26-18(20)21)8-15(10)22-9-11/h6-9,12-13,18H,2-5H2,1H3,(H,23,24). The van der Waals surface area contributed by atoms with Gasteiger partial charge in [-0.2, -0.15) is 8.78 Å². The van der Waals surface area contributed by atoms with Crippen LogP contribution in [0.5, 0.6) is 5.75 Å². The molecule has 1 fully saturated rings. The maximum atomic E-state index is 13.9. The first-order valence-corrected chi connectivity index (χ1v) is 8.34. The number of methoxy groups -OCH3 is 1. The molecule has 26 heavy (non-hydrogen) atoms. The number of ether oxygens (including phenoxy) is 2. The Bertz CT molecular complexity index is 793. The number of alkyl halides is 2. The number of fused-ring (bicyclic) bond motifs is 1. The number of amides is 1. The molecule has 0 unspecified atom stereocenters. The van der Waals surface area contributed by atoms with Crippen LogP contribution in [0, 0.1) is 5.82 Å². The highest BCUT2D eigenvalue weighted by Crippen LogP contribution is 2.26. The van der Waals surface area contributed by atoms with Crippen LogP contribution >= 0.6 is 0 Å². The summed E-state index contributed by atoms with van der Waals surface area (Å²) in [5, 5.41) is 3.28. The molecule has 140 valence electrons. The van der Waals surface area contributed by atoms with Gasteiger partial charge in [-0.15, -0.1) is 0 Å². The summed E-state index contributed by atoms with van der Waals surface area (Å²) in [5.74, 6) is -1.81. The minimum absolute atomic E-state index is 0.0585. The Morgan fingerprint density at radius 3 is 2.62 bits per heavy atom. The van der Waals surface area contributed by atoms with Crippen molar-refractivity contribution in [2.45, 2.75) is 44.4 Å². The van der Waals surface area contributed by atoms with Crippen molar-refractivity contribution in [2.24, 2.45) is 0 Å². The van der Waals surface area contributed by atoms with Crippen molar-refractivity contribution in [1.82, 2.24) is 10.3 Å². The number of halogens is 3. The smallest absolute Gasteiger partial charge is 0.387 e. The van der Waals surface area contributed by atoms with E-state index in [1.165, 1.54) is 12.3 Å². The monoisotopic (exact) mass is 368 g/mol. The molecular formula is C18H19F3N2O3. The van der Waals surface area contributed by atoms with Crippen molar-refractivity contribution in [1.29, 1.82) is 0 Å². The van der Waals surface area contributed by atoms with E-state index < -0.39 is 18.2 Å². The number of nitrogens with zero attached hydrogens (tertiary/aromatic N) is 1. The molecule has 1 saturated carbocycles. The van der Waals surface area contributed by atoms with E-state index in [2.05, 4.69) is 15.0 Å². The number of rotatable bonds is 5. The molecule has 3 rings (SSSR count). The first-order valence-electron chi connectivity index (χ1n) is 8.34. The molecule has 1 aliphatic rings. The lowest BCUT2D eigenvalue weighted by atomic mass is 9.93. The summed E-state index contributed by atoms with van der Waals surface area (Å²) in [6.07, 6.45) is 4.99. The number of benzene rings is 1. The van der Waals surface area contributed by atoms with Gasteiger partial charge in [0, 0.05) is 30.8 Å². The Morgan fingerprint density at radius 1 is 1.23 bits per heavy atom. The van der Waals surface area contributed by atoms with Gasteiger partial charge in [-0.3, -0.25) is 9.78 Å². The first-order chi connectivity index (χ1) is 12.5. The van der Waals surface area contributed by atoms with Crippen LogP contribution in [0.4, 0.5) is 13.2 Å². The fourth-order valence-corrected chi connectivity index (χ4v) is 3.15. The van der Waals surface area contributed by atoms with Gasteiger partial charge in [0.2, 0.25) is 0 Å². The van der Waals surface area contributed by atoms with E-state index >= 15 is 0 Å². The number of pyridine rings is 1. The van der Waals surface area contributed by atoms with Crippen LogP contribution in [-0.2, 0) is 4.74 Å². The highest BCUT2D eigenvalue weighted by atomic mass is 19.3. The molecule has 0 aliphatic heterocycles. The number of carbonyl (C=O) groups is 1. The second kappa shape index (κ2) is 7.90. The summed E-state index contributed by atoms with van der Waals surface area (Å²) >= 11 is 0. The van der Waals surface area contributed by atoms with Crippen molar-refractivity contribution in [3.05, 3.63) is 35.8 Å². The van der Waals surface area contributed by atoms with Crippen LogP contribution in [0.15, 0.2) is 24.4 Å². The Kier molecular flexibility index (Phi) is 5.61. The summed E-state index contributed by atoms with van der Waals surface area (Å²) in [4.78, 5) is 16.5. The third-order valence-corrected chi connectivity index (χ3v) is 4.56. The molecule has 1 aliphatic carbocycles. The van der Waals surface area contributed by atoms with Gasteiger partial charge in [0.1, 0.15) is 0 Å². The number of hydrogen-bond donors (Lipinski definition) is 1. The average molecular weight is 368 g/mol. The van der Waals surface area contributed by atoms with Crippen LogP contribution in [0.2, 0.25) is 0 Å². The zero-order valence-electron chi connectivity index (χ0n) is 14.2. The van der Waals surface area contributed by atoms with E-state index in [0.29, 0.717) is 5.39 Å². The predicted octanol–water partition coefficient (Wildman–Crippen LogP) is 3.66. The SMILES string of the molecule is COC1CCC(NC(=O)c2cnc3cc(OC(F)F)c(F)cc3c2)CC1. The van der Waals surface area contributed by atoms with Crippen LogP contribution in [0.3, 0.4) is 0 Å². The number of nitrogens with one attached hydrogen (secondary N) is 1. The molecule has 2 aromatic rings. The van der Waals surface area contributed by atoms with E-state index in [-0.39, 0.29) is 29.1 Å². The maximum Gasteiger partial charge on any atom is 0.387 e. The molecular weight excluding hydrogens is 349 g/mol. The second-order valence-corrected chi connectivity index (χ2v) is 6.26. The van der Waals surface area contributed by atoms with Crippen molar-refractivity contribution in [3.63, 3.8) is 0 Å². The van der Waals surface area contributed by atoms with Crippen molar-refractivity contribution >= 4 is 16.8 Å². The number of aromatic nitrogens is 1. The summed E-state index contributed by atoms with van der Waals surface area (Å²) in [7, 11) is 1.68. The third-order valence-electron chi connectivity index (χ3n) is 4.56. The molecule has 8 heteroatoms. The molecule has 0 spiro atoms. The van der Waals surface area contributed by atoms with Crippen LogP contribution < -0.4 is 10.1 Å². The zero-order valence-corrected chi connectivity index (χ0v) is 14.2. The average Bonchev–Trinajstić information content (AvgIpc) is 2.62. The summed E-state index contributed by atoms with van der Waals surface area (Å²) < 4.78 is 47.8. The van der Waals surface area contributed by atoms with Crippen molar-refractivity contribution in [2.75, 3.05) is 7.11 Å². The lowest BCUT2D eigenvalue weighted by molar-refractivity contribution is -0.0520. The fourth-order valence-electron chi connectivity index (χ4n) is 3.15. The van der Waals surface area contributed by atoms with Gasteiger partial charge < -0.3 is 14.8 Å². The number of hydrogen-bond acceptors (Lipinski definition) is 4. The topological polar surface area (TPSA) is 60.5 Å². The van der Waals surface area contributed by atoms with Crippen LogP contribution in [-0.4, -0.2) is 36.8 Å². The van der Waals surface area contributed by atoms with Crippen LogP contribution in [0.1, 0.15) is 36.0 Å². The molecule has 0 atom stereocenters. The fraction of sp³-hybridized carbons (Fsp3) is 0.444. The van der Waals surface area contributed by atoms with E-state index in [1.807, 2.05) is 0 Å². The Hall–Kier alpha value is -2.35. The molecule has 1 aromatic heterocycles. The lowest BCUT2D eigenvalue weighted by Gasteiger charge is -2.28. The lowest BCUT2D eigenvalue weighted by Crippen LogP contribution is -2.38. The Balaban J connectivity index is 1.73. The van der Waals surface area contributed by atoms with Gasteiger partial charge >= 0.3 is 6.61 Å². The van der Waals surface area contributed by atoms with Gasteiger partial charge in [-0.25, -0.2) is 4.39 Å². The second-order valence-electron chi connectivity index (χ2n) is 6.26. The summed E-state index contributed by atoms with van der Waals surface area (Å²) in [5.41, 5.74) is 0.549. The van der Waals surface area contributed by atoms with E-state index in [4.69, 9.17) is 4.74 Å². The highest BCUT2D eigenvalue weighted by molar-refractivity contribution is 5.97. The molecule has 1 amide bonds. The summed E-state index contributed by atoms with van der Waals surface area (Å²) in [6, 6.07) is 3.65. The van der Waals surface area contributed by atoms with Crippen molar-refractivity contribution in [3.8, 4) is 5.75 Å². The van der Waals surface area contributed by atoms with Crippen molar-refractivity contribution < 1.29 is 27.4 Å². The van der Waals surface area contributed by atoms with E-state index in [0.717, 1.165) is 37.8 Å².